The molecule has 2 aromatic heterocycles. The van der Waals surface area contributed by atoms with E-state index in [-0.39, 0.29) is 65.6 Å². The van der Waals surface area contributed by atoms with Crippen molar-refractivity contribution in [3.63, 3.8) is 0 Å². The number of carboxylic acids is 1. The number of methoxy groups -OCH3 is 1. The Balaban J connectivity index is 0.00000289. The quantitative estimate of drug-likeness (QED) is 0.423. The number of aromatic carboxylic acids is 1. The molecule has 0 spiro atoms. The second-order valence-electron chi connectivity index (χ2n) is 6.96. The van der Waals surface area contributed by atoms with Gasteiger partial charge >= 0.3 is 5.97 Å². The first kappa shape index (κ1) is 23.2. The van der Waals surface area contributed by atoms with E-state index in [0.29, 0.717) is 0 Å². The summed E-state index contributed by atoms with van der Waals surface area (Å²) in [6, 6.07) is 3.67. The van der Waals surface area contributed by atoms with Gasteiger partial charge in [-0.3, -0.25) is 9.48 Å². The van der Waals surface area contributed by atoms with Crippen molar-refractivity contribution >= 4 is 29.1 Å². The third-order valence-electron chi connectivity index (χ3n) is 4.56. The molecule has 1 aliphatic rings. The largest absolute Gasteiger partial charge is 0.494 e. The predicted molar refractivity (Wildman–Crippen MR) is 107 cm³/mol. The number of benzene rings is 1. The van der Waals surface area contributed by atoms with Gasteiger partial charge in [-0.25, -0.2) is 14.2 Å². The number of carbonyl (C=O) groups excluding carboxylic acids is 1. The molecule has 3 aromatic rings. The fourth-order valence-electron chi connectivity index (χ4n) is 2.96. The summed E-state index contributed by atoms with van der Waals surface area (Å²) >= 11 is 0. The number of hydrogen-bond acceptors (Lipinski definition) is 8. The molecule has 32 heavy (non-hydrogen) atoms. The first-order chi connectivity index (χ1) is 14.9. The van der Waals surface area contributed by atoms with Gasteiger partial charge in [0, 0.05) is 44.6 Å². The number of halogens is 1. The number of hydrogen-bond donors (Lipinski definition) is 3. The molecule has 2 heterocycles. The van der Waals surface area contributed by atoms with Gasteiger partial charge in [-0.15, -0.1) is 10.2 Å². The van der Waals surface area contributed by atoms with Gasteiger partial charge < -0.3 is 20.5 Å². The van der Waals surface area contributed by atoms with E-state index in [0.717, 1.165) is 18.9 Å². The molecule has 0 unspecified atom stereocenters. The summed E-state index contributed by atoms with van der Waals surface area (Å²) in [6.07, 6.45) is 3.04. The molecule has 4 rings (SSSR count). The molecule has 1 fully saturated rings. The van der Waals surface area contributed by atoms with E-state index in [1.807, 2.05) is 0 Å². The molecule has 1 aromatic carbocycles. The smallest absolute Gasteiger partial charge is 0.358 e. The Morgan fingerprint density at radius 3 is 2.56 bits per heavy atom. The summed E-state index contributed by atoms with van der Waals surface area (Å²) in [4.78, 5) is 27.7. The van der Waals surface area contributed by atoms with Gasteiger partial charge in [-0.05, 0) is 18.9 Å². The first-order valence-corrected chi connectivity index (χ1v) is 9.28. The minimum absolute atomic E-state index is 0. The molecule has 0 aliphatic heterocycles. The topological polar surface area (TPSA) is 144 Å². The second-order valence-corrected chi connectivity index (χ2v) is 6.96. The van der Waals surface area contributed by atoms with E-state index in [9.17, 15) is 19.1 Å². The molecule has 1 aliphatic carbocycles. The molecule has 0 bridgehead atoms. The Morgan fingerprint density at radius 1 is 1.22 bits per heavy atom. The van der Waals surface area contributed by atoms with Gasteiger partial charge in [0.15, 0.2) is 23.1 Å². The Kier molecular flexibility index (Phi) is 6.78. The van der Waals surface area contributed by atoms with Crippen LogP contribution < -0.4 is 15.4 Å². The summed E-state index contributed by atoms with van der Waals surface area (Å²) < 4.78 is 21.3. The molecule has 1 amide bonds. The third-order valence-corrected chi connectivity index (χ3v) is 4.56. The summed E-state index contributed by atoms with van der Waals surface area (Å²) in [5, 5.41) is 26.5. The molecule has 162 valence electrons. The molecule has 1 saturated carbocycles. The standard InChI is InChI=1S/C19H18FN7O4.Zn/c1-27-8-21-17(26-27)11-5-10(20)6-13(16(11)31-2)22-12-7-14(23-18(28)9-3-4-9)24-25-15(12)19(29)30;/h5-9H,3-4H2,1-2H3,(H,29,30)(H2,22,23,24,28);. The molecule has 0 radical (unpaired) electrons. The van der Waals surface area contributed by atoms with Crippen molar-refractivity contribution < 1.29 is 43.3 Å². The molecular formula is C19H18FN7O4Zn. The van der Waals surface area contributed by atoms with E-state index >= 15 is 0 Å². The minimum Gasteiger partial charge on any atom is -0.494 e. The zero-order valence-corrected chi connectivity index (χ0v) is 20.3. The molecule has 13 heteroatoms. The van der Waals surface area contributed by atoms with E-state index in [2.05, 4.69) is 30.9 Å². The van der Waals surface area contributed by atoms with Gasteiger partial charge in [0.25, 0.3) is 0 Å². The fraction of sp³-hybridized carbons (Fsp3) is 0.263. The minimum atomic E-state index is -1.35. The molecule has 3 N–H and O–H groups in total. The number of nitrogens with zero attached hydrogens (tertiary/aromatic N) is 5. The Bertz CT molecular complexity index is 1180. The monoisotopic (exact) mass is 491 g/mol. The van der Waals surface area contributed by atoms with Crippen molar-refractivity contribution in [1.82, 2.24) is 25.0 Å². The van der Waals surface area contributed by atoms with Crippen molar-refractivity contribution in [2.45, 2.75) is 12.8 Å². The zero-order chi connectivity index (χ0) is 22.1. The number of amides is 1. The van der Waals surface area contributed by atoms with E-state index in [1.165, 1.54) is 30.3 Å². The summed E-state index contributed by atoms with van der Waals surface area (Å²) in [5.74, 6) is -1.76. The van der Waals surface area contributed by atoms with Crippen LogP contribution in [0.25, 0.3) is 11.4 Å². The summed E-state index contributed by atoms with van der Waals surface area (Å²) in [6.45, 7) is 0. The van der Waals surface area contributed by atoms with Gasteiger partial charge in [-0.1, -0.05) is 0 Å². The van der Waals surface area contributed by atoms with Crippen LogP contribution in [-0.2, 0) is 31.3 Å². The maximum atomic E-state index is 14.4. The Morgan fingerprint density at radius 2 is 1.97 bits per heavy atom. The number of rotatable bonds is 7. The summed E-state index contributed by atoms with van der Waals surface area (Å²) in [5.41, 5.74) is -0.0163. The number of anilines is 3. The number of ether oxygens (including phenoxy) is 1. The molecule has 0 atom stereocenters. The normalized spacial score (nSPS) is 12.6. The Labute approximate surface area is 194 Å². The maximum Gasteiger partial charge on any atom is 0.358 e. The van der Waals surface area contributed by atoms with Crippen LogP contribution >= 0.6 is 0 Å². The van der Waals surface area contributed by atoms with Crippen molar-refractivity contribution in [1.29, 1.82) is 0 Å². The zero-order valence-electron chi connectivity index (χ0n) is 17.3. The fourth-order valence-corrected chi connectivity index (χ4v) is 2.96. The number of carboxylic acid groups (broad SMARTS) is 1. The van der Waals surface area contributed by atoms with Crippen molar-refractivity contribution in [3.8, 4) is 17.1 Å². The van der Waals surface area contributed by atoms with Crippen molar-refractivity contribution in [2.75, 3.05) is 17.7 Å². The van der Waals surface area contributed by atoms with Gasteiger partial charge in [-0.2, -0.15) is 5.10 Å². The number of nitrogens with one attached hydrogen (secondary N) is 2. The first-order valence-electron chi connectivity index (χ1n) is 9.28. The molecule has 11 nitrogen and oxygen atoms in total. The molecule has 0 saturated heterocycles. The van der Waals surface area contributed by atoms with Crippen LogP contribution in [0.3, 0.4) is 0 Å². The maximum absolute atomic E-state index is 14.4. The van der Waals surface area contributed by atoms with E-state index in [4.69, 9.17) is 4.74 Å². The van der Waals surface area contributed by atoms with Crippen molar-refractivity contribution in [2.24, 2.45) is 13.0 Å². The van der Waals surface area contributed by atoms with Crippen LogP contribution in [0, 0.1) is 11.7 Å². The Hall–Kier alpha value is -3.47. The average molecular weight is 493 g/mol. The molecular weight excluding hydrogens is 475 g/mol. The summed E-state index contributed by atoms with van der Waals surface area (Å²) in [7, 11) is 3.05. The number of aromatic nitrogens is 5. The van der Waals surface area contributed by atoms with Crippen molar-refractivity contribution in [3.05, 3.63) is 36.0 Å². The van der Waals surface area contributed by atoms with Crippen LogP contribution in [0.1, 0.15) is 23.3 Å². The van der Waals surface area contributed by atoms with E-state index in [1.54, 1.807) is 7.05 Å². The van der Waals surface area contributed by atoms with Crippen LogP contribution in [-0.4, -0.2) is 49.1 Å². The number of aryl methyl sites for hydroxylation is 1. The van der Waals surface area contributed by atoms with Gasteiger partial charge in [0.05, 0.1) is 24.0 Å². The predicted octanol–water partition coefficient (Wildman–Crippen LogP) is 2.21. The van der Waals surface area contributed by atoms with Crippen LogP contribution in [0.5, 0.6) is 5.75 Å². The SMILES string of the molecule is COc1c(Nc2cc(NC(=O)C3CC3)nnc2C(=O)O)cc(F)cc1-c1ncn(C)n1.[Zn]. The average Bonchev–Trinajstić information content (AvgIpc) is 3.48. The third kappa shape index (κ3) is 4.88. The van der Waals surface area contributed by atoms with Crippen LogP contribution in [0.4, 0.5) is 21.6 Å². The number of carbonyl (C=O) groups is 2. The van der Waals surface area contributed by atoms with E-state index < -0.39 is 17.5 Å². The van der Waals surface area contributed by atoms with Crippen LogP contribution in [0.2, 0.25) is 0 Å². The second kappa shape index (κ2) is 9.35. The van der Waals surface area contributed by atoms with Crippen LogP contribution in [0.15, 0.2) is 24.5 Å². The van der Waals surface area contributed by atoms with Gasteiger partial charge in [0.1, 0.15) is 12.1 Å². The van der Waals surface area contributed by atoms with Gasteiger partial charge in [0.2, 0.25) is 5.91 Å².